The highest BCUT2D eigenvalue weighted by molar-refractivity contribution is 6.31. The molecule has 0 atom stereocenters. The predicted octanol–water partition coefficient (Wildman–Crippen LogP) is 2.98. The van der Waals surface area contributed by atoms with E-state index < -0.39 is 0 Å². The Kier molecular flexibility index (Phi) is 6.58. The number of nitrogens with one attached hydrogen (secondary N) is 1. The lowest BCUT2D eigenvalue weighted by molar-refractivity contribution is -0.116. The van der Waals surface area contributed by atoms with E-state index in [0.29, 0.717) is 19.7 Å². The van der Waals surface area contributed by atoms with Gasteiger partial charge in [0.15, 0.2) is 0 Å². The Hall–Kier alpha value is -2.11. The second kappa shape index (κ2) is 8.66. The van der Waals surface area contributed by atoms with Crippen molar-refractivity contribution >= 4 is 23.6 Å². The first kappa shape index (κ1) is 18.2. The van der Waals surface area contributed by atoms with E-state index in [9.17, 15) is 4.79 Å². The zero-order chi connectivity index (χ0) is 17.5. The number of hydrogen-bond acceptors (Lipinski definition) is 3. The van der Waals surface area contributed by atoms with Crippen LogP contribution in [0.1, 0.15) is 22.5 Å². The molecule has 0 spiro atoms. The number of hydrogen-bond donors (Lipinski definition) is 1. The molecule has 5 nitrogen and oxygen atoms in total. The van der Waals surface area contributed by atoms with Gasteiger partial charge in [0.25, 0.3) is 0 Å². The zero-order valence-electron chi connectivity index (χ0n) is 14.2. The van der Waals surface area contributed by atoms with Crippen LogP contribution in [0.4, 0.5) is 0 Å². The van der Waals surface area contributed by atoms with Gasteiger partial charge >= 0.3 is 0 Å². The fourth-order valence-corrected chi connectivity index (χ4v) is 2.58. The highest BCUT2D eigenvalue weighted by atomic mass is 35.5. The Morgan fingerprint density at radius 1 is 1.38 bits per heavy atom. The number of rotatable bonds is 7. The summed E-state index contributed by atoms with van der Waals surface area (Å²) in [7, 11) is 1.60. The minimum atomic E-state index is -0.148. The van der Waals surface area contributed by atoms with Crippen molar-refractivity contribution in [1.29, 1.82) is 0 Å². The molecule has 0 fully saturated rings. The number of nitrogens with zero attached hydrogens (tertiary/aromatic N) is 2. The van der Waals surface area contributed by atoms with Gasteiger partial charge in [-0.25, -0.2) is 0 Å². The van der Waals surface area contributed by atoms with Gasteiger partial charge in [-0.15, -0.1) is 0 Å². The van der Waals surface area contributed by atoms with Crippen LogP contribution in [-0.4, -0.2) is 35.9 Å². The van der Waals surface area contributed by atoms with Crippen LogP contribution in [0.25, 0.3) is 6.08 Å². The van der Waals surface area contributed by atoms with Crippen molar-refractivity contribution in [3.05, 3.63) is 57.9 Å². The molecule has 1 N–H and O–H groups in total. The average molecular weight is 348 g/mol. The molecule has 1 aromatic carbocycles. The molecule has 0 aliphatic rings. The highest BCUT2D eigenvalue weighted by Crippen LogP contribution is 2.20. The van der Waals surface area contributed by atoms with E-state index in [1.165, 1.54) is 6.08 Å². The molecule has 2 aromatic rings. The van der Waals surface area contributed by atoms with E-state index >= 15 is 0 Å². The first-order valence-electron chi connectivity index (χ1n) is 7.75. The first-order chi connectivity index (χ1) is 11.5. The van der Waals surface area contributed by atoms with Crippen molar-refractivity contribution in [2.45, 2.75) is 20.4 Å². The van der Waals surface area contributed by atoms with Crippen LogP contribution >= 0.6 is 11.6 Å². The van der Waals surface area contributed by atoms with Crippen molar-refractivity contribution in [2.75, 3.05) is 20.3 Å². The Morgan fingerprint density at radius 2 is 2.12 bits per heavy atom. The van der Waals surface area contributed by atoms with Gasteiger partial charge in [-0.3, -0.25) is 9.48 Å². The Bertz CT molecular complexity index is 738. The van der Waals surface area contributed by atoms with Gasteiger partial charge in [0.1, 0.15) is 0 Å². The first-order valence-corrected chi connectivity index (χ1v) is 8.13. The van der Waals surface area contributed by atoms with E-state index in [-0.39, 0.29) is 5.91 Å². The van der Waals surface area contributed by atoms with Gasteiger partial charge in [-0.2, -0.15) is 5.10 Å². The number of aryl methyl sites for hydroxylation is 1. The lowest BCUT2D eigenvalue weighted by Gasteiger charge is -2.06. The van der Waals surface area contributed by atoms with Crippen molar-refractivity contribution in [3.63, 3.8) is 0 Å². The molecule has 0 radical (unpaired) electrons. The van der Waals surface area contributed by atoms with Crippen LogP contribution in [0.3, 0.4) is 0 Å². The highest BCUT2D eigenvalue weighted by Gasteiger charge is 2.11. The number of carbonyl (C=O) groups is 1. The average Bonchev–Trinajstić information content (AvgIpc) is 2.82. The Morgan fingerprint density at radius 3 is 2.83 bits per heavy atom. The SMILES string of the molecule is COCCNC(=O)C=Cc1c(C)nn(Cc2ccccc2Cl)c1C. The zero-order valence-corrected chi connectivity index (χ0v) is 14.9. The summed E-state index contributed by atoms with van der Waals surface area (Å²) in [5, 5.41) is 8.03. The van der Waals surface area contributed by atoms with Gasteiger partial charge in [-0.05, 0) is 31.6 Å². The monoisotopic (exact) mass is 347 g/mol. The number of benzene rings is 1. The summed E-state index contributed by atoms with van der Waals surface area (Å²) in [6, 6.07) is 7.72. The van der Waals surface area contributed by atoms with Crippen LogP contribution in [0.2, 0.25) is 5.02 Å². The molecular formula is C18H22ClN3O2. The third-order valence-corrected chi connectivity index (χ3v) is 4.09. The van der Waals surface area contributed by atoms with Gasteiger partial charge in [-0.1, -0.05) is 29.8 Å². The molecule has 0 saturated carbocycles. The molecule has 24 heavy (non-hydrogen) atoms. The third kappa shape index (κ3) is 4.69. The molecule has 1 aromatic heterocycles. The van der Waals surface area contributed by atoms with Gasteiger partial charge in [0.2, 0.25) is 5.91 Å². The number of halogens is 1. The van der Waals surface area contributed by atoms with E-state index in [0.717, 1.165) is 27.5 Å². The largest absolute Gasteiger partial charge is 0.383 e. The van der Waals surface area contributed by atoms with E-state index in [2.05, 4.69) is 10.4 Å². The molecule has 1 heterocycles. The predicted molar refractivity (Wildman–Crippen MR) is 96.2 cm³/mol. The normalized spacial score (nSPS) is 11.2. The van der Waals surface area contributed by atoms with E-state index in [1.54, 1.807) is 13.2 Å². The van der Waals surface area contributed by atoms with E-state index in [4.69, 9.17) is 16.3 Å². The van der Waals surface area contributed by atoms with Gasteiger partial charge in [0.05, 0.1) is 18.8 Å². The minimum Gasteiger partial charge on any atom is -0.383 e. The second-order valence-electron chi connectivity index (χ2n) is 5.45. The maximum Gasteiger partial charge on any atom is 0.244 e. The smallest absolute Gasteiger partial charge is 0.244 e. The Labute approximate surface area is 147 Å². The summed E-state index contributed by atoms with van der Waals surface area (Å²) in [6.07, 6.45) is 3.31. The van der Waals surface area contributed by atoms with Crippen LogP contribution in [0, 0.1) is 13.8 Å². The quantitative estimate of drug-likeness (QED) is 0.619. The fourth-order valence-electron chi connectivity index (χ4n) is 2.39. The molecule has 0 unspecified atom stereocenters. The van der Waals surface area contributed by atoms with Crippen LogP contribution in [-0.2, 0) is 16.1 Å². The number of amides is 1. The second-order valence-corrected chi connectivity index (χ2v) is 5.86. The third-order valence-electron chi connectivity index (χ3n) is 3.72. The van der Waals surface area contributed by atoms with Crippen molar-refractivity contribution in [2.24, 2.45) is 0 Å². The van der Waals surface area contributed by atoms with E-state index in [1.807, 2.05) is 42.8 Å². The molecule has 0 aliphatic carbocycles. The Balaban J connectivity index is 2.11. The maximum absolute atomic E-state index is 11.8. The molecular weight excluding hydrogens is 326 g/mol. The number of ether oxygens (including phenoxy) is 1. The minimum absolute atomic E-state index is 0.148. The summed E-state index contributed by atoms with van der Waals surface area (Å²) in [5.41, 5.74) is 3.83. The van der Waals surface area contributed by atoms with Crippen molar-refractivity contribution in [3.8, 4) is 0 Å². The van der Waals surface area contributed by atoms with Crippen LogP contribution in [0.5, 0.6) is 0 Å². The maximum atomic E-state index is 11.8. The number of carbonyl (C=O) groups excluding carboxylic acids is 1. The number of methoxy groups -OCH3 is 1. The lowest BCUT2D eigenvalue weighted by Crippen LogP contribution is -2.24. The lowest BCUT2D eigenvalue weighted by atomic mass is 10.1. The number of aromatic nitrogens is 2. The van der Waals surface area contributed by atoms with Gasteiger partial charge < -0.3 is 10.1 Å². The standard InChI is InChI=1S/C18H22ClN3O2/c1-13-16(8-9-18(23)20-10-11-24-3)14(2)22(21-13)12-15-6-4-5-7-17(15)19/h4-9H,10-12H2,1-3H3,(H,20,23). The van der Waals surface area contributed by atoms with Crippen LogP contribution in [0.15, 0.2) is 30.3 Å². The summed E-state index contributed by atoms with van der Waals surface area (Å²) in [6.45, 7) is 5.50. The summed E-state index contributed by atoms with van der Waals surface area (Å²) in [5.74, 6) is -0.148. The molecule has 128 valence electrons. The van der Waals surface area contributed by atoms with Gasteiger partial charge in [0, 0.05) is 36.0 Å². The summed E-state index contributed by atoms with van der Waals surface area (Å²) in [4.78, 5) is 11.8. The van der Waals surface area contributed by atoms with Crippen molar-refractivity contribution in [1.82, 2.24) is 15.1 Å². The molecule has 0 bridgehead atoms. The molecule has 6 heteroatoms. The van der Waals surface area contributed by atoms with Crippen LogP contribution < -0.4 is 5.32 Å². The van der Waals surface area contributed by atoms with Crippen molar-refractivity contribution < 1.29 is 9.53 Å². The topological polar surface area (TPSA) is 56.1 Å². The molecule has 0 aliphatic heterocycles. The summed E-state index contributed by atoms with van der Waals surface area (Å²) < 4.78 is 6.80. The molecule has 1 amide bonds. The molecule has 0 saturated heterocycles. The molecule has 2 rings (SSSR count). The summed E-state index contributed by atoms with van der Waals surface area (Å²) >= 11 is 6.22. The fraction of sp³-hybridized carbons (Fsp3) is 0.333.